The molecule has 1 N–H and O–H groups in total. The van der Waals surface area contributed by atoms with E-state index < -0.39 is 0 Å². The molecule has 0 radical (unpaired) electrons. The number of hydrogen-bond acceptors (Lipinski definition) is 3. The van der Waals surface area contributed by atoms with Crippen molar-refractivity contribution in [1.82, 2.24) is 9.78 Å². The first-order valence-electron chi connectivity index (χ1n) is 5.16. The Balaban J connectivity index is 2.03. The minimum atomic E-state index is -0.171. The quantitative estimate of drug-likeness (QED) is 0.944. The third-order valence-corrected chi connectivity index (χ3v) is 2.89. The van der Waals surface area contributed by atoms with Gasteiger partial charge in [-0.05, 0) is 40.2 Å². The van der Waals surface area contributed by atoms with Crippen LogP contribution in [0.25, 0.3) is 0 Å². The molecule has 90 valence electrons. The first-order valence-corrected chi connectivity index (χ1v) is 5.95. The van der Waals surface area contributed by atoms with Crippen LogP contribution in [0.3, 0.4) is 0 Å². The van der Waals surface area contributed by atoms with Gasteiger partial charge in [0.05, 0.1) is 5.56 Å². The number of aromatic nitrogens is 2. The Morgan fingerprint density at radius 2 is 2.39 bits per heavy atom. The lowest BCUT2D eigenvalue weighted by Gasteiger charge is -2.06. The average Bonchev–Trinajstić information content (AvgIpc) is 2.82. The first kappa shape index (κ1) is 12.3. The molecule has 0 saturated carbocycles. The highest BCUT2D eigenvalue weighted by Gasteiger charge is 2.05. The van der Waals surface area contributed by atoms with Crippen molar-refractivity contribution in [2.24, 2.45) is 0 Å². The fourth-order valence-corrected chi connectivity index (χ4v) is 1.89. The molecular formula is C12H9BrN4O. The molecule has 1 amide bonds. The summed E-state index contributed by atoms with van der Waals surface area (Å²) in [5.74, 6) is -0.171. The lowest BCUT2D eigenvalue weighted by molar-refractivity contribution is -0.116. The van der Waals surface area contributed by atoms with Crippen molar-refractivity contribution in [3.63, 3.8) is 0 Å². The zero-order valence-corrected chi connectivity index (χ0v) is 10.9. The van der Waals surface area contributed by atoms with Gasteiger partial charge in [0.1, 0.15) is 12.6 Å². The van der Waals surface area contributed by atoms with Gasteiger partial charge < -0.3 is 5.32 Å². The molecule has 0 fully saturated rings. The maximum Gasteiger partial charge on any atom is 0.246 e. The summed E-state index contributed by atoms with van der Waals surface area (Å²) >= 11 is 3.27. The Hall–Kier alpha value is -2.13. The lowest BCUT2D eigenvalue weighted by atomic mass is 10.2. The highest BCUT2D eigenvalue weighted by atomic mass is 79.9. The predicted molar refractivity (Wildman–Crippen MR) is 69.7 cm³/mol. The third-order valence-electron chi connectivity index (χ3n) is 2.24. The van der Waals surface area contributed by atoms with Gasteiger partial charge in [-0.15, -0.1) is 0 Å². The normalized spacial score (nSPS) is 9.78. The zero-order chi connectivity index (χ0) is 13.0. The molecule has 6 heteroatoms. The topological polar surface area (TPSA) is 70.7 Å². The summed E-state index contributed by atoms with van der Waals surface area (Å²) < 4.78 is 2.19. The number of amides is 1. The number of carbonyl (C=O) groups is 1. The van der Waals surface area contributed by atoms with Gasteiger partial charge in [0, 0.05) is 22.6 Å². The van der Waals surface area contributed by atoms with E-state index in [0.29, 0.717) is 15.7 Å². The van der Waals surface area contributed by atoms with Crippen LogP contribution in [0.15, 0.2) is 41.1 Å². The van der Waals surface area contributed by atoms with E-state index in [1.807, 2.05) is 6.07 Å². The highest BCUT2D eigenvalue weighted by Crippen LogP contribution is 2.20. The van der Waals surface area contributed by atoms with Crippen LogP contribution in [0, 0.1) is 11.3 Å². The van der Waals surface area contributed by atoms with Crippen molar-refractivity contribution in [2.75, 3.05) is 5.32 Å². The van der Waals surface area contributed by atoms with Crippen LogP contribution in [0.4, 0.5) is 5.69 Å². The number of nitriles is 1. The van der Waals surface area contributed by atoms with Crippen molar-refractivity contribution in [3.8, 4) is 6.07 Å². The lowest BCUT2D eigenvalue weighted by Crippen LogP contribution is -2.18. The van der Waals surface area contributed by atoms with E-state index in [0.717, 1.165) is 0 Å². The van der Waals surface area contributed by atoms with Crippen LogP contribution in [0.1, 0.15) is 5.56 Å². The second kappa shape index (κ2) is 5.47. The van der Waals surface area contributed by atoms with Gasteiger partial charge in [-0.2, -0.15) is 10.4 Å². The van der Waals surface area contributed by atoms with Crippen molar-refractivity contribution in [1.29, 1.82) is 5.26 Å². The number of nitrogens with one attached hydrogen (secondary N) is 1. The zero-order valence-electron chi connectivity index (χ0n) is 9.30. The van der Waals surface area contributed by atoms with Crippen molar-refractivity contribution in [2.45, 2.75) is 6.54 Å². The van der Waals surface area contributed by atoms with Gasteiger partial charge in [0.25, 0.3) is 0 Å². The molecule has 2 rings (SSSR count). The molecule has 0 aliphatic carbocycles. The Kier molecular flexibility index (Phi) is 3.75. The van der Waals surface area contributed by atoms with Gasteiger partial charge in [0.15, 0.2) is 0 Å². The van der Waals surface area contributed by atoms with E-state index in [4.69, 9.17) is 5.26 Å². The van der Waals surface area contributed by atoms with Crippen LogP contribution in [-0.2, 0) is 11.3 Å². The summed E-state index contributed by atoms with van der Waals surface area (Å²) in [7, 11) is 0. The van der Waals surface area contributed by atoms with E-state index in [1.165, 1.54) is 4.68 Å². The molecular weight excluding hydrogens is 296 g/mol. The van der Waals surface area contributed by atoms with Crippen LogP contribution < -0.4 is 5.32 Å². The van der Waals surface area contributed by atoms with E-state index in [-0.39, 0.29) is 12.5 Å². The third kappa shape index (κ3) is 2.96. The maximum atomic E-state index is 11.7. The van der Waals surface area contributed by atoms with E-state index in [2.05, 4.69) is 26.3 Å². The molecule has 1 aromatic heterocycles. The molecule has 5 nitrogen and oxygen atoms in total. The number of hydrogen-bond donors (Lipinski definition) is 1. The highest BCUT2D eigenvalue weighted by molar-refractivity contribution is 9.10. The summed E-state index contributed by atoms with van der Waals surface area (Å²) in [5, 5.41) is 15.5. The van der Waals surface area contributed by atoms with Crippen LogP contribution in [0.5, 0.6) is 0 Å². The van der Waals surface area contributed by atoms with E-state index >= 15 is 0 Å². The molecule has 1 heterocycles. The number of carbonyl (C=O) groups excluding carboxylic acids is 1. The smallest absolute Gasteiger partial charge is 0.246 e. The molecule has 0 spiro atoms. The number of nitrogens with zero attached hydrogens (tertiary/aromatic N) is 3. The van der Waals surface area contributed by atoms with Crippen LogP contribution in [-0.4, -0.2) is 15.7 Å². The fourth-order valence-electron chi connectivity index (χ4n) is 1.43. The molecule has 2 aromatic rings. The van der Waals surface area contributed by atoms with Crippen LogP contribution >= 0.6 is 15.9 Å². The van der Waals surface area contributed by atoms with Gasteiger partial charge in [-0.25, -0.2) is 0 Å². The standard InChI is InChI=1S/C12H9BrN4O/c13-11-6-10(3-2-9(11)7-14)16-12(18)8-17-5-1-4-15-17/h1-6H,8H2,(H,16,18). The van der Waals surface area contributed by atoms with Crippen molar-refractivity contribution in [3.05, 3.63) is 46.7 Å². The van der Waals surface area contributed by atoms with Gasteiger partial charge in [-0.1, -0.05) is 0 Å². The molecule has 0 saturated heterocycles. The predicted octanol–water partition coefficient (Wildman–Crippen LogP) is 2.16. The largest absolute Gasteiger partial charge is 0.324 e. The van der Waals surface area contributed by atoms with Gasteiger partial charge >= 0.3 is 0 Å². The number of rotatable bonds is 3. The van der Waals surface area contributed by atoms with Crippen molar-refractivity contribution >= 4 is 27.5 Å². The number of halogens is 1. The molecule has 18 heavy (non-hydrogen) atoms. The second-order valence-electron chi connectivity index (χ2n) is 3.56. The minimum Gasteiger partial charge on any atom is -0.324 e. The Labute approximate surface area is 112 Å². The Morgan fingerprint density at radius 3 is 3.00 bits per heavy atom. The summed E-state index contributed by atoms with van der Waals surface area (Å²) in [6.45, 7) is 0.157. The molecule has 0 aliphatic heterocycles. The maximum absolute atomic E-state index is 11.7. The summed E-state index contributed by atoms with van der Waals surface area (Å²) in [5.41, 5.74) is 1.16. The van der Waals surface area contributed by atoms with Crippen molar-refractivity contribution < 1.29 is 4.79 Å². The second-order valence-corrected chi connectivity index (χ2v) is 4.41. The monoisotopic (exact) mass is 304 g/mol. The van der Waals surface area contributed by atoms with E-state index in [9.17, 15) is 4.79 Å². The van der Waals surface area contributed by atoms with Gasteiger partial charge in [-0.3, -0.25) is 9.48 Å². The molecule has 0 atom stereocenters. The minimum absolute atomic E-state index is 0.157. The number of benzene rings is 1. The van der Waals surface area contributed by atoms with Crippen LogP contribution in [0.2, 0.25) is 0 Å². The summed E-state index contributed by atoms with van der Waals surface area (Å²) in [4.78, 5) is 11.7. The molecule has 0 bridgehead atoms. The summed E-state index contributed by atoms with van der Waals surface area (Å²) in [6, 6.07) is 8.82. The summed E-state index contributed by atoms with van der Waals surface area (Å²) in [6.07, 6.45) is 3.33. The Morgan fingerprint density at radius 1 is 1.56 bits per heavy atom. The first-order chi connectivity index (χ1) is 8.69. The number of anilines is 1. The SMILES string of the molecule is N#Cc1ccc(NC(=O)Cn2cccn2)cc1Br. The fraction of sp³-hybridized carbons (Fsp3) is 0.0833. The van der Waals surface area contributed by atoms with E-state index in [1.54, 1.807) is 36.7 Å². The van der Waals surface area contributed by atoms with Gasteiger partial charge in [0.2, 0.25) is 5.91 Å². The Bertz CT molecular complexity index is 601. The molecule has 0 aliphatic rings. The average molecular weight is 305 g/mol. The molecule has 0 unspecified atom stereocenters. The molecule has 1 aromatic carbocycles.